The van der Waals surface area contributed by atoms with Crippen LogP contribution in [0.2, 0.25) is 0 Å². The third kappa shape index (κ3) is 2.55. The van der Waals surface area contributed by atoms with Crippen LogP contribution in [-0.2, 0) is 12.8 Å². The van der Waals surface area contributed by atoms with Crippen molar-refractivity contribution < 1.29 is 0 Å². The summed E-state index contributed by atoms with van der Waals surface area (Å²) in [6, 6.07) is 17.1. The van der Waals surface area contributed by atoms with E-state index in [4.69, 9.17) is 5.10 Å². The van der Waals surface area contributed by atoms with Crippen molar-refractivity contribution >= 4 is 28.4 Å². The molecule has 0 radical (unpaired) electrons. The second-order valence-electron chi connectivity index (χ2n) is 5.76. The smallest absolute Gasteiger partial charge is 0.133 e. The molecule has 0 aliphatic carbocycles. The lowest BCUT2D eigenvalue weighted by atomic mass is 10.1. The Hall–Kier alpha value is -1.82. The van der Waals surface area contributed by atoms with E-state index in [0.29, 0.717) is 0 Å². The van der Waals surface area contributed by atoms with Crippen molar-refractivity contribution in [3.05, 3.63) is 63.2 Å². The summed E-state index contributed by atoms with van der Waals surface area (Å²) in [6.07, 6.45) is 2.09. The first-order chi connectivity index (χ1) is 11.3. The Balaban J connectivity index is 1.86. The topological polar surface area (TPSA) is 29.9 Å². The maximum atomic E-state index is 4.94. The zero-order valence-corrected chi connectivity index (χ0v) is 15.2. The van der Waals surface area contributed by atoms with E-state index >= 15 is 0 Å². The van der Waals surface area contributed by atoms with Crippen LogP contribution in [0.25, 0.3) is 16.9 Å². The highest BCUT2D eigenvalue weighted by molar-refractivity contribution is 14.1. The van der Waals surface area contributed by atoms with E-state index in [-0.39, 0.29) is 0 Å². The Morgan fingerprint density at radius 1 is 1.13 bits per heavy atom. The Morgan fingerprint density at radius 2 is 1.91 bits per heavy atom. The largest absolute Gasteiger partial charge is 0.369 e. The molecule has 1 N–H and O–H groups in total. The average molecular weight is 415 g/mol. The molecule has 3 aromatic rings. The summed E-state index contributed by atoms with van der Waals surface area (Å²) < 4.78 is 3.30. The molecule has 0 amide bonds. The van der Waals surface area contributed by atoms with Crippen molar-refractivity contribution in [2.75, 3.05) is 11.9 Å². The number of anilines is 1. The predicted molar refractivity (Wildman–Crippen MR) is 103 cm³/mol. The molecule has 0 fully saturated rings. The summed E-state index contributed by atoms with van der Waals surface area (Å²) >= 11 is 2.39. The van der Waals surface area contributed by atoms with Crippen molar-refractivity contribution in [3.8, 4) is 16.9 Å². The number of fused-ring (bicyclic) bond motifs is 1. The van der Waals surface area contributed by atoms with Gasteiger partial charge in [0.15, 0.2) is 0 Å². The summed E-state index contributed by atoms with van der Waals surface area (Å²) in [7, 11) is 0. The van der Waals surface area contributed by atoms with E-state index in [0.717, 1.165) is 36.6 Å². The van der Waals surface area contributed by atoms with E-state index in [1.807, 2.05) is 0 Å². The Morgan fingerprint density at radius 3 is 2.65 bits per heavy atom. The van der Waals surface area contributed by atoms with Crippen LogP contribution in [0.5, 0.6) is 0 Å². The van der Waals surface area contributed by atoms with Gasteiger partial charge in [-0.1, -0.05) is 37.3 Å². The minimum atomic E-state index is 0.983. The number of hydrogen-bond acceptors (Lipinski definition) is 2. The fraction of sp³-hybridized carbons (Fsp3) is 0.211. The van der Waals surface area contributed by atoms with Gasteiger partial charge in [-0.15, -0.1) is 0 Å². The highest BCUT2D eigenvalue weighted by Gasteiger charge is 2.24. The van der Waals surface area contributed by atoms with Crippen LogP contribution < -0.4 is 5.32 Å². The van der Waals surface area contributed by atoms with Crippen LogP contribution in [0.1, 0.15) is 18.1 Å². The van der Waals surface area contributed by atoms with Gasteiger partial charge in [-0.2, -0.15) is 5.10 Å². The molecule has 1 aliphatic heterocycles. The quantitative estimate of drug-likeness (QED) is 0.630. The second-order valence-corrected chi connectivity index (χ2v) is 6.93. The normalized spacial score (nSPS) is 13.0. The van der Waals surface area contributed by atoms with Crippen molar-refractivity contribution in [1.82, 2.24) is 9.78 Å². The first-order valence-electron chi connectivity index (χ1n) is 7.98. The molecule has 1 aliphatic rings. The minimum Gasteiger partial charge on any atom is -0.369 e. The van der Waals surface area contributed by atoms with E-state index < -0.39 is 0 Å². The maximum Gasteiger partial charge on any atom is 0.133 e. The van der Waals surface area contributed by atoms with E-state index in [9.17, 15) is 0 Å². The maximum absolute atomic E-state index is 4.94. The molecule has 2 heterocycles. The highest BCUT2D eigenvalue weighted by atomic mass is 127. The number of aryl methyl sites for hydroxylation is 1. The van der Waals surface area contributed by atoms with Gasteiger partial charge in [0.05, 0.1) is 11.4 Å². The lowest BCUT2D eigenvalue weighted by Crippen LogP contribution is -2.04. The van der Waals surface area contributed by atoms with Gasteiger partial charge in [0.25, 0.3) is 0 Å². The van der Waals surface area contributed by atoms with Crippen LogP contribution in [0.4, 0.5) is 5.82 Å². The van der Waals surface area contributed by atoms with Gasteiger partial charge in [-0.3, -0.25) is 0 Å². The molecule has 116 valence electrons. The fourth-order valence-corrected chi connectivity index (χ4v) is 3.75. The summed E-state index contributed by atoms with van der Waals surface area (Å²) in [4.78, 5) is 0. The summed E-state index contributed by atoms with van der Waals surface area (Å²) in [5.41, 5.74) is 6.12. The first kappa shape index (κ1) is 14.8. The van der Waals surface area contributed by atoms with Crippen LogP contribution in [-0.4, -0.2) is 16.3 Å². The predicted octanol–water partition coefficient (Wildman–Crippen LogP) is 4.67. The lowest BCUT2D eigenvalue weighted by Gasteiger charge is -2.07. The minimum absolute atomic E-state index is 0.983. The third-order valence-corrected chi connectivity index (χ3v) is 5.31. The molecule has 0 saturated heterocycles. The number of benzene rings is 2. The molecule has 23 heavy (non-hydrogen) atoms. The fourth-order valence-electron chi connectivity index (χ4n) is 3.10. The molecule has 4 rings (SSSR count). The van der Waals surface area contributed by atoms with Gasteiger partial charge >= 0.3 is 0 Å². The summed E-state index contributed by atoms with van der Waals surface area (Å²) in [6.45, 7) is 3.16. The van der Waals surface area contributed by atoms with Gasteiger partial charge < -0.3 is 5.32 Å². The number of hydrogen-bond donors (Lipinski definition) is 1. The molecule has 3 nitrogen and oxygen atoms in total. The van der Waals surface area contributed by atoms with Gasteiger partial charge in [0, 0.05) is 21.2 Å². The number of halogens is 1. The number of aromatic nitrogens is 2. The zero-order chi connectivity index (χ0) is 15.8. The van der Waals surface area contributed by atoms with Crippen LogP contribution in [0, 0.1) is 3.57 Å². The summed E-state index contributed by atoms with van der Waals surface area (Å²) in [5, 5.41) is 8.44. The molecule has 0 unspecified atom stereocenters. The van der Waals surface area contributed by atoms with Gasteiger partial charge in [0.2, 0.25) is 0 Å². The van der Waals surface area contributed by atoms with Crippen molar-refractivity contribution in [2.24, 2.45) is 0 Å². The molecule has 0 bridgehead atoms. The van der Waals surface area contributed by atoms with Crippen LogP contribution in [0.3, 0.4) is 0 Å². The van der Waals surface area contributed by atoms with Crippen LogP contribution >= 0.6 is 22.6 Å². The first-order valence-corrected chi connectivity index (χ1v) is 9.06. The van der Waals surface area contributed by atoms with Crippen molar-refractivity contribution in [3.63, 3.8) is 0 Å². The van der Waals surface area contributed by atoms with Crippen molar-refractivity contribution in [1.29, 1.82) is 0 Å². The van der Waals surface area contributed by atoms with Crippen molar-refractivity contribution in [2.45, 2.75) is 19.8 Å². The van der Waals surface area contributed by atoms with Gasteiger partial charge in [-0.25, -0.2) is 4.68 Å². The lowest BCUT2D eigenvalue weighted by molar-refractivity contribution is 0.881. The van der Waals surface area contributed by atoms with E-state index in [1.54, 1.807) is 0 Å². The number of rotatable bonds is 3. The van der Waals surface area contributed by atoms with E-state index in [2.05, 4.69) is 88.0 Å². The molecular weight excluding hydrogens is 397 g/mol. The van der Waals surface area contributed by atoms with E-state index in [1.165, 1.54) is 20.3 Å². The summed E-state index contributed by atoms with van der Waals surface area (Å²) in [5.74, 6) is 1.14. The van der Waals surface area contributed by atoms with Gasteiger partial charge in [-0.05, 0) is 59.2 Å². The standard InChI is InChI=1S/C19H18IN3/c1-2-13-7-9-14(10-8-13)23-19-16(11-12-21-19)18(22-23)15-5-3-4-6-17(15)20/h3-10,21H,2,11-12H2,1H3. The zero-order valence-electron chi connectivity index (χ0n) is 13.0. The molecule has 4 heteroatoms. The molecule has 0 spiro atoms. The highest BCUT2D eigenvalue weighted by Crippen LogP contribution is 2.36. The van der Waals surface area contributed by atoms with Gasteiger partial charge in [0.1, 0.15) is 5.82 Å². The molecule has 0 saturated carbocycles. The SMILES string of the molecule is CCc1ccc(-n2nc(-c3ccccc3I)c3c2NCC3)cc1. The monoisotopic (exact) mass is 415 g/mol. The Bertz CT molecular complexity index is 850. The second kappa shape index (κ2) is 6.00. The average Bonchev–Trinajstić information content (AvgIpc) is 3.18. The molecule has 0 atom stereocenters. The molecular formula is C19H18IN3. The molecule has 1 aromatic heterocycles. The Labute approximate surface area is 149 Å². The molecule has 2 aromatic carbocycles. The van der Waals surface area contributed by atoms with Crippen LogP contribution in [0.15, 0.2) is 48.5 Å². The third-order valence-electron chi connectivity index (χ3n) is 4.37. The number of nitrogens with zero attached hydrogens (tertiary/aromatic N) is 2. The number of nitrogens with one attached hydrogen (secondary N) is 1. The Kier molecular flexibility index (Phi) is 3.85.